The largest absolute Gasteiger partial charge is 0.358 e. The number of H-pyrrole nitrogens is 1. The van der Waals surface area contributed by atoms with Crippen LogP contribution in [0.2, 0.25) is 0 Å². The molecule has 3 N–H and O–H groups in total. The monoisotopic (exact) mass is 203 g/mol. The summed E-state index contributed by atoms with van der Waals surface area (Å²) in [5.74, 6) is 5.28. The molecular weight excluding hydrogens is 190 g/mol. The van der Waals surface area contributed by atoms with Crippen molar-refractivity contribution < 1.29 is 4.79 Å². The van der Waals surface area contributed by atoms with Gasteiger partial charge in [0.1, 0.15) is 0 Å². The highest BCUT2D eigenvalue weighted by Crippen LogP contribution is 2.22. The summed E-state index contributed by atoms with van der Waals surface area (Å²) in [6.45, 7) is 1.87. The van der Waals surface area contributed by atoms with Crippen LogP contribution in [-0.4, -0.2) is 22.9 Å². The van der Waals surface area contributed by atoms with Crippen molar-refractivity contribution in [2.75, 3.05) is 7.05 Å². The van der Waals surface area contributed by atoms with Crippen molar-refractivity contribution >= 4 is 16.8 Å². The Hall–Kier alpha value is -1.81. The average molecular weight is 203 g/mol. The number of rotatable bonds is 1. The van der Waals surface area contributed by atoms with Crippen molar-refractivity contribution in [2.45, 2.75) is 6.92 Å². The Bertz CT molecular complexity index is 514. The molecule has 0 aliphatic carbocycles. The molecule has 0 fully saturated rings. The van der Waals surface area contributed by atoms with E-state index in [-0.39, 0.29) is 5.91 Å². The Morgan fingerprint density at radius 3 is 2.73 bits per heavy atom. The number of carbonyl (C=O) groups is 1. The summed E-state index contributed by atoms with van der Waals surface area (Å²) in [6, 6.07) is 7.69. The molecule has 0 aliphatic rings. The van der Waals surface area contributed by atoms with Crippen molar-refractivity contribution in [1.29, 1.82) is 0 Å². The minimum Gasteiger partial charge on any atom is -0.358 e. The number of para-hydroxylation sites is 1. The van der Waals surface area contributed by atoms with Gasteiger partial charge in [-0.15, -0.1) is 0 Å². The highest BCUT2D eigenvalue weighted by molar-refractivity contribution is 6.07. The van der Waals surface area contributed by atoms with Crippen LogP contribution in [0.4, 0.5) is 0 Å². The fraction of sp³-hybridized carbons (Fsp3) is 0.182. The SMILES string of the molecule is Cc1[nH]c2ccccc2c1C(=O)N(C)N. The van der Waals surface area contributed by atoms with E-state index in [1.807, 2.05) is 31.2 Å². The van der Waals surface area contributed by atoms with E-state index in [9.17, 15) is 4.79 Å². The van der Waals surface area contributed by atoms with E-state index in [0.29, 0.717) is 5.56 Å². The van der Waals surface area contributed by atoms with Crippen LogP contribution in [0.3, 0.4) is 0 Å². The lowest BCUT2D eigenvalue weighted by molar-refractivity contribution is 0.0796. The number of fused-ring (bicyclic) bond motifs is 1. The average Bonchev–Trinajstić information content (AvgIpc) is 2.52. The first kappa shape index (κ1) is 9.73. The molecule has 1 heterocycles. The van der Waals surface area contributed by atoms with Crippen LogP contribution in [-0.2, 0) is 0 Å². The maximum Gasteiger partial charge on any atom is 0.269 e. The number of hydrazine groups is 1. The molecule has 4 heteroatoms. The zero-order valence-electron chi connectivity index (χ0n) is 8.74. The summed E-state index contributed by atoms with van der Waals surface area (Å²) in [7, 11) is 1.55. The van der Waals surface area contributed by atoms with Crippen LogP contribution < -0.4 is 5.84 Å². The summed E-state index contributed by atoms with van der Waals surface area (Å²) >= 11 is 0. The first-order valence-corrected chi connectivity index (χ1v) is 4.71. The van der Waals surface area contributed by atoms with Crippen LogP contribution >= 0.6 is 0 Å². The smallest absolute Gasteiger partial charge is 0.269 e. The highest BCUT2D eigenvalue weighted by atomic mass is 16.2. The van der Waals surface area contributed by atoms with E-state index >= 15 is 0 Å². The van der Waals surface area contributed by atoms with E-state index in [1.165, 1.54) is 0 Å². The number of hydrogen-bond acceptors (Lipinski definition) is 2. The van der Waals surface area contributed by atoms with Gasteiger partial charge in [0.2, 0.25) is 0 Å². The number of nitrogens with zero attached hydrogens (tertiary/aromatic N) is 1. The van der Waals surface area contributed by atoms with E-state index in [1.54, 1.807) is 7.05 Å². The van der Waals surface area contributed by atoms with Crippen LogP contribution in [0.25, 0.3) is 10.9 Å². The molecule has 0 aliphatic heterocycles. The minimum atomic E-state index is -0.176. The lowest BCUT2D eigenvalue weighted by Gasteiger charge is -2.09. The van der Waals surface area contributed by atoms with Crippen molar-refractivity contribution in [1.82, 2.24) is 9.99 Å². The fourth-order valence-corrected chi connectivity index (χ4v) is 1.73. The Morgan fingerprint density at radius 2 is 2.07 bits per heavy atom. The van der Waals surface area contributed by atoms with Crippen molar-refractivity contribution in [3.63, 3.8) is 0 Å². The quantitative estimate of drug-likeness (QED) is 0.418. The molecule has 4 nitrogen and oxygen atoms in total. The van der Waals surface area contributed by atoms with Crippen molar-refractivity contribution in [2.24, 2.45) is 5.84 Å². The zero-order valence-corrected chi connectivity index (χ0v) is 8.74. The second kappa shape index (κ2) is 3.40. The van der Waals surface area contributed by atoms with E-state index < -0.39 is 0 Å². The molecule has 0 atom stereocenters. The molecule has 0 unspecified atom stereocenters. The minimum absolute atomic E-state index is 0.176. The predicted octanol–water partition coefficient (Wildman–Crippen LogP) is 1.42. The zero-order chi connectivity index (χ0) is 11.0. The lowest BCUT2D eigenvalue weighted by atomic mass is 10.1. The van der Waals surface area contributed by atoms with Gasteiger partial charge in [-0.05, 0) is 13.0 Å². The van der Waals surface area contributed by atoms with Gasteiger partial charge in [-0.3, -0.25) is 9.80 Å². The molecule has 78 valence electrons. The standard InChI is InChI=1S/C11H13N3O/c1-7-10(11(15)14(2)12)8-5-3-4-6-9(8)13-7/h3-6,13H,12H2,1-2H3. The molecule has 0 spiro atoms. The van der Waals surface area contributed by atoms with Crippen LogP contribution in [0.5, 0.6) is 0 Å². The van der Waals surface area contributed by atoms with Gasteiger partial charge in [0.25, 0.3) is 5.91 Å². The van der Waals surface area contributed by atoms with E-state index in [0.717, 1.165) is 21.6 Å². The number of benzene rings is 1. The summed E-state index contributed by atoms with van der Waals surface area (Å²) in [4.78, 5) is 15.0. The third-order valence-corrected chi connectivity index (χ3v) is 2.43. The van der Waals surface area contributed by atoms with Gasteiger partial charge in [-0.25, -0.2) is 5.84 Å². The normalized spacial score (nSPS) is 10.6. The molecule has 0 saturated heterocycles. The predicted molar refractivity (Wildman–Crippen MR) is 59.3 cm³/mol. The van der Waals surface area contributed by atoms with Gasteiger partial charge in [0.05, 0.1) is 5.56 Å². The number of aryl methyl sites for hydroxylation is 1. The Kier molecular flexibility index (Phi) is 2.21. The lowest BCUT2D eigenvalue weighted by Crippen LogP contribution is -2.33. The maximum atomic E-state index is 11.8. The first-order chi connectivity index (χ1) is 7.11. The number of nitrogens with two attached hydrogens (primary N) is 1. The maximum absolute atomic E-state index is 11.8. The highest BCUT2D eigenvalue weighted by Gasteiger charge is 2.17. The molecule has 1 aromatic heterocycles. The summed E-state index contributed by atoms with van der Waals surface area (Å²) < 4.78 is 0. The molecular formula is C11H13N3O. The van der Waals surface area contributed by atoms with E-state index in [2.05, 4.69) is 4.98 Å². The summed E-state index contributed by atoms with van der Waals surface area (Å²) in [5.41, 5.74) is 2.45. The van der Waals surface area contributed by atoms with Crippen molar-refractivity contribution in [3.8, 4) is 0 Å². The van der Waals surface area contributed by atoms with Crippen LogP contribution in [0, 0.1) is 6.92 Å². The molecule has 2 rings (SSSR count). The number of carbonyl (C=O) groups excluding carboxylic acids is 1. The van der Waals surface area contributed by atoms with Gasteiger partial charge < -0.3 is 4.98 Å². The Morgan fingerprint density at radius 1 is 1.40 bits per heavy atom. The molecule has 15 heavy (non-hydrogen) atoms. The van der Waals surface area contributed by atoms with Crippen molar-refractivity contribution in [3.05, 3.63) is 35.5 Å². The number of aromatic nitrogens is 1. The fourth-order valence-electron chi connectivity index (χ4n) is 1.73. The molecule has 1 amide bonds. The third kappa shape index (κ3) is 1.49. The molecule has 0 bridgehead atoms. The van der Waals surface area contributed by atoms with Crippen LogP contribution in [0.15, 0.2) is 24.3 Å². The van der Waals surface area contributed by atoms with Gasteiger partial charge in [0, 0.05) is 23.6 Å². The van der Waals surface area contributed by atoms with E-state index in [4.69, 9.17) is 5.84 Å². The summed E-state index contributed by atoms with van der Waals surface area (Å²) in [6.07, 6.45) is 0. The number of nitrogens with one attached hydrogen (secondary N) is 1. The Balaban J connectivity index is 2.69. The first-order valence-electron chi connectivity index (χ1n) is 4.71. The number of hydrogen-bond donors (Lipinski definition) is 2. The Labute approximate surface area is 87.6 Å². The molecule has 0 saturated carbocycles. The van der Waals surface area contributed by atoms with Gasteiger partial charge in [-0.2, -0.15) is 0 Å². The van der Waals surface area contributed by atoms with Gasteiger partial charge in [-0.1, -0.05) is 18.2 Å². The van der Waals surface area contributed by atoms with Gasteiger partial charge >= 0.3 is 0 Å². The number of aromatic amines is 1. The molecule has 2 aromatic rings. The van der Waals surface area contributed by atoms with Crippen LogP contribution in [0.1, 0.15) is 16.1 Å². The third-order valence-electron chi connectivity index (χ3n) is 2.43. The second-order valence-electron chi connectivity index (χ2n) is 3.59. The van der Waals surface area contributed by atoms with Gasteiger partial charge in [0.15, 0.2) is 0 Å². The summed E-state index contributed by atoms with van der Waals surface area (Å²) in [5, 5.41) is 2.01. The second-order valence-corrected chi connectivity index (χ2v) is 3.59. The molecule has 1 aromatic carbocycles. The number of amides is 1. The topological polar surface area (TPSA) is 62.1 Å². The molecule has 0 radical (unpaired) electrons.